The first-order valence-corrected chi connectivity index (χ1v) is 7.16. The van der Waals surface area contributed by atoms with E-state index in [-0.39, 0.29) is 11.8 Å². The zero-order valence-corrected chi connectivity index (χ0v) is 12.0. The molecule has 0 unspecified atom stereocenters. The third-order valence-corrected chi connectivity index (χ3v) is 3.76. The summed E-state index contributed by atoms with van der Waals surface area (Å²) in [5.74, 6) is 1.64. The minimum Gasteiger partial charge on any atom is -0.458 e. The number of aromatic nitrogens is 2. The van der Waals surface area contributed by atoms with Crippen LogP contribution in [0.2, 0.25) is 0 Å². The van der Waals surface area contributed by atoms with Crippen molar-refractivity contribution in [1.29, 1.82) is 0 Å². The molecule has 21 heavy (non-hydrogen) atoms. The lowest BCUT2D eigenvalue weighted by molar-refractivity contribution is -0.128. The van der Waals surface area contributed by atoms with Crippen LogP contribution in [0.15, 0.2) is 28.8 Å². The molecule has 6 heteroatoms. The van der Waals surface area contributed by atoms with Crippen molar-refractivity contribution in [3.63, 3.8) is 0 Å². The Morgan fingerprint density at radius 1 is 1.38 bits per heavy atom. The van der Waals surface area contributed by atoms with Crippen LogP contribution < -0.4 is 5.32 Å². The van der Waals surface area contributed by atoms with Gasteiger partial charge in [-0.25, -0.2) is 0 Å². The van der Waals surface area contributed by atoms with Gasteiger partial charge in [0.05, 0.1) is 6.54 Å². The number of amides is 1. The molecule has 0 atom stereocenters. The first-order chi connectivity index (χ1) is 10.2. The first kappa shape index (κ1) is 13.9. The third-order valence-electron chi connectivity index (χ3n) is 3.76. The molecule has 2 aromatic rings. The van der Waals surface area contributed by atoms with Crippen molar-refractivity contribution in [2.75, 3.05) is 13.2 Å². The van der Waals surface area contributed by atoms with E-state index < -0.39 is 0 Å². The molecule has 3 heterocycles. The summed E-state index contributed by atoms with van der Waals surface area (Å²) in [6.45, 7) is 1.75. The highest BCUT2D eigenvalue weighted by Crippen LogP contribution is 2.21. The number of ether oxygens (including phenoxy) is 1. The van der Waals surface area contributed by atoms with Crippen LogP contribution in [0, 0.1) is 5.92 Å². The lowest BCUT2D eigenvalue weighted by Crippen LogP contribution is -2.33. The van der Waals surface area contributed by atoms with Gasteiger partial charge in [-0.05, 0) is 31.0 Å². The Balaban J connectivity index is 1.57. The number of carbonyl (C=O) groups excluding carboxylic acids is 1. The SMILES string of the molecule is Cn1nccc1-c1ccc(CNC(=O)C2CCOCC2)o1. The summed E-state index contributed by atoms with van der Waals surface area (Å²) in [7, 11) is 1.87. The van der Waals surface area contributed by atoms with E-state index in [0.29, 0.717) is 19.8 Å². The summed E-state index contributed by atoms with van der Waals surface area (Å²) in [6.07, 6.45) is 3.32. The summed E-state index contributed by atoms with van der Waals surface area (Å²) in [6, 6.07) is 5.67. The minimum absolute atomic E-state index is 0.0604. The maximum Gasteiger partial charge on any atom is 0.223 e. The Morgan fingerprint density at radius 3 is 2.90 bits per heavy atom. The van der Waals surface area contributed by atoms with Gasteiger partial charge in [0.2, 0.25) is 5.91 Å². The second-order valence-electron chi connectivity index (χ2n) is 5.21. The van der Waals surface area contributed by atoms with Crippen molar-refractivity contribution in [2.45, 2.75) is 19.4 Å². The largest absolute Gasteiger partial charge is 0.458 e. The van der Waals surface area contributed by atoms with Crippen molar-refractivity contribution >= 4 is 5.91 Å². The van der Waals surface area contributed by atoms with Gasteiger partial charge in [0, 0.05) is 32.4 Å². The number of hydrogen-bond acceptors (Lipinski definition) is 4. The standard InChI is InChI=1S/C15H19N3O3/c1-18-13(4-7-17-18)14-3-2-12(21-14)10-16-15(19)11-5-8-20-9-6-11/h2-4,7,11H,5-6,8-10H2,1H3,(H,16,19). The van der Waals surface area contributed by atoms with Crippen molar-refractivity contribution < 1.29 is 13.9 Å². The van der Waals surface area contributed by atoms with Gasteiger partial charge in [0.15, 0.2) is 5.76 Å². The maximum atomic E-state index is 12.0. The van der Waals surface area contributed by atoms with Crippen LogP contribution in [0.4, 0.5) is 0 Å². The maximum absolute atomic E-state index is 12.0. The smallest absolute Gasteiger partial charge is 0.223 e. The fraction of sp³-hybridized carbons (Fsp3) is 0.467. The van der Waals surface area contributed by atoms with Gasteiger partial charge in [0.1, 0.15) is 11.5 Å². The van der Waals surface area contributed by atoms with E-state index in [1.807, 2.05) is 25.2 Å². The fourth-order valence-corrected chi connectivity index (χ4v) is 2.50. The molecule has 0 bridgehead atoms. The molecule has 2 aromatic heterocycles. The highest BCUT2D eigenvalue weighted by Gasteiger charge is 2.21. The molecule has 112 valence electrons. The predicted octanol–water partition coefficient (Wildman–Crippen LogP) is 1.72. The Bertz CT molecular complexity index is 611. The number of aryl methyl sites for hydroxylation is 1. The Labute approximate surface area is 123 Å². The average molecular weight is 289 g/mol. The lowest BCUT2D eigenvalue weighted by atomic mass is 9.99. The molecule has 0 spiro atoms. The molecule has 0 aliphatic carbocycles. The number of nitrogens with one attached hydrogen (secondary N) is 1. The van der Waals surface area contributed by atoms with E-state index in [1.54, 1.807) is 10.9 Å². The molecular formula is C15H19N3O3. The molecule has 1 saturated heterocycles. The number of hydrogen-bond donors (Lipinski definition) is 1. The Hall–Kier alpha value is -2.08. The molecule has 1 fully saturated rings. The van der Waals surface area contributed by atoms with Crippen molar-refractivity contribution in [1.82, 2.24) is 15.1 Å². The molecule has 0 radical (unpaired) electrons. The topological polar surface area (TPSA) is 69.3 Å². The van der Waals surface area contributed by atoms with Crippen LogP contribution in [0.5, 0.6) is 0 Å². The van der Waals surface area contributed by atoms with E-state index in [0.717, 1.165) is 30.1 Å². The molecule has 0 aromatic carbocycles. The molecule has 6 nitrogen and oxygen atoms in total. The van der Waals surface area contributed by atoms with E-state index in [1.165, 1.54) is 0 Å². The molecule has 1 N–H and O–H groups in total. The van der Waals surface area contributed by atoms with Gasteiger partial charge in [0.25, 0.3) is 0 Å². The highest BCUT2D eigenvalue weighted by molar-refractivity contribution is 5.78. The van der Waals surface area contributed by atoms with Crippen molar-refractivity contribution in [3.8, 4) is 11.5 Å². The summed E-state index contributed by atoms with van der Waals surface area (Å²) >= 11 is 0. The van der Waals surface area contributed by atoms with Crippen molar-refractivity contribution in [2.24, 2.45) is 13.0 Å². The number of rotatable bonds is 4. The van der Waals surface area contributed by atoms with E-state index >= 15 is 0 Å². The number of furan rings is 1. The average Bonchev–Trinajstić information content (AvgIpc) is 3.14. The van der Waals surface area contributed by atoms with Gasteiger partial charge in [-0.1, -0.05) is 0 Å². The summed E-state index contributed by atoms with van der Waals surface area (Å²) in [5.41, 5.74) is 0.914. The van der Waals surface area contributed by atoms with E-state index in [2.05, 4.69) is 10.4 Å². The van der Waals surface area contributed by atoms with Crippen LogP contribution in [-0.2, 0) is 23.1 Å². The molecule has 1 aliphatic rings. The summed E-state index contributed by atoms with van der Waals surface area (Å²) in [5, 5.41) is 7.04. The third kappa shape index (κ3) is 3.16. The molecule has 1 amide bonds. The van der Waals surface area contributed by atoms with Crippen LogP contribution in [0.1, 0.15) is 18.6 Å². The Morgan fingerprint density at radius 2 is 2.19 bits per heavy atom. The normalized spacial score (nSPS) is 16.0. The zero-order valence-electron chi connectivity index (χ0n) is 12.0. The van der Waals surface area contributed by atoms with Gasteiger partial charge < -0.3 is 14.5 Å². The highest BCUT2D eigenvalue weighted by atomic mass is 16.5. The number of carbonyl (C=O) groups is 1. The minimum atomic E-state index is 0.0604. The monoisotopic (exact) mass is 289 g/mol. The lowest BCUT2D eigenvalue weighted by Gasteiger charge is -2.20. The van der Waals surface area contributed by atoms with Crippen LogP contribution >= 0.6 is 0 Å². The van der Waals surface area contributed by atoms with E-state index in [9.17, 15) is 4.79 Å². The second kappa shape index (κ2) is 6.13. The molecular weight excluding hydrogens is 270 g/mol. The molecule has 0 saturated carbocycles. The van der Waals surface area contributed by atoms with E-state index in [4.69, 9.17) is 9.15 Å². The first-order valence-electron chi connectivity index (χ1n) is 7.16. The second-order valence-corrected chi connectivity index (χ2v) is 5.21. The zero-order chi connectivity index (χ0) is 14.7. The van der Waals surface area contributed by atoms with Gasteiger partial charge in [-0.15, -0.1) is 0 Å². The van der Waals surface area contributed by atoms with Crippen LogP contribution in [-0.4, -0.2) is 28.9 Å². The van der Waals surface area contributed by atoms with Gasteiger partial charge in [-0.2, -0.15) is 5.10 Å². The predicted molar refractivity (Wildman–Crippen MR) is 76.3 cm³/mol. The Kier molecular flexibility index (Phi) is 4.06. The number of nitrogens with zero attached hydrogens (tertiary/aromatic N) is 2. The van der Waals surface area contributed by atoms with Crippen LogP contribution in [0.25, 0.3) is 11.5 Å². The summed E-state index contributed by atoms with van der Waals surface area (Å²) in [4.78, 5) is 12.0. The summed E-state index contributed by atoms with van der Waals surface area (Å²) < 4.78 is 12.8. The van der Waals surface area contributed by atoms with Gasteiger partial charge >= 0.3 is 0 Å². The fourth-order valence-electron chi connectivity index (χ4n) is 2.50. The van der Waals surface area contributed by atoms with Crippen LogP contribution in [0.3, 0.4) is 0 Å². The quantitative estimate of drug-likeness (QED) is 0.930. The molecule has 3 rings (SSSR count). The van der Waals surface area contributed by atoms with Gasteiger partial charge in [-0.3, -0.25) is 9.48 Å². The molecule has 1 aliphatic heterocycles. The van der Waals surface area contributed by atoms with Crippen molar-refractivity contribution in [3.05, 3.63) is 30.2 Å².